The summed E-state index contributed by atoms with van der Waals surface area (Å²) in [5.41, 5.74) is 0.739. The summed E-state index contributed by atoms with van der Waals surface area (Å²) in [6.07, 6.45) is 9.84. The summed E-state index contributed by atoms with van der Waals surface area (Å²) >= 11 is 0. The Labute approximate surface area is 264 Å². The first-order valence-electron chi connectivity index (χ1n) is 16.6. The van der Waals surface area contributed by atoms with E-state index in [1.54, 1.807) is 23.8 Å². The summed E-state index contributed by atoms with van der Waals surface area (Å²) in [4.78, 5) is 45.7. The number of nitrogens with zero attached hydrogens (tertiary/aromatic N) is 2. The number of carbonyl (C=O) groups excluding carboxylic acids is 3. The topological polar surface area (TPSA) is 109 Å². The number of piperazine rings is 1. The summed E-state index contributed by atoms with van der Waals surface area (Å²) in [5, 5.41) is 7.68. The molecule has 0 spiro atoms. The van der Waals surface area contributed by atoms with Crippen molar-refractivity contribution < 1.29 is 28.7 Å². The van der Waals surface area contributed by atoms with Gasteiger partial charge in [0.1, 0.15) is 6.10 Å². The third-order valence-corrected chi connectivity index (χ3v) is 8.34. The summed E-state index contributed by atoms with van der Waals surface area (Å²) < 4.78 is 11.5. The minimum Gasteiger partial charge on any atom is -0.368 e. The van der Waals surface area contributed by atoms with Crippen molar-refractivity contribution in [3.05, 3.63) is 35.9 Å². The normalized spacial score (nSPS) is 20.5. The Morgan fingerprint density at radius 1 is 0.955 bits per heavy atom. The van der Waals surface area contributed by atoms with Gasteiger partial charge in [-0.25, -0.2) is 4.79 Å². The van der Waals surface area contributed by atoms with Gasteiger partial charge >= 0.3 is 12.0 Å². The van der Waals surface area contributed by atoms with Crippen molar-refractivity contribution in [1.29, 1.82) is 0 Å². The first-order valence-corrected chi connectivity index (χ1v) is 16.6. The number of hydrogen-bond donors (Lipinski definition) is 2. The van der Waals surface area contributed by atoms with Gasteiger partial charge in [0, 0.05) is 31.1 Å². The molecule has 2 fully saturated rings. The first-order chi connectivity index (χ1) is 21.0. The van der Waals surface area contributed by atoms with Crippen LogP contribution < -0.4 is 10.6 Å². The van der Waals surface area contributed by atoms with E-state index in [9.17, 15) is 14.4 Å². The fourth-order valence-electron chi connectivity index (χ4n) is 5.61. The summed E-state index contributed by atoms with van der Waals surface area (Å²) in [6, 6.07) is 10.3. The lowest BCUT2D eigenvalue weighted by Crippen LogP contribution is -2.56. The SMILES string of the molecule is CCCCCCCCCC(Cc1ccccc1)NC(=O)N1CCN(OC(=O)CCNC(=O)C2OC(C)(C)OCC2(C)C)CC1. The van der Waals surface area contributed by atoms with Crippen LogP contribution >= 0.6 is 0 Å². The van der Waals surface area contributed by atoms with Gasteiger partial charge in [0.25, 0.3) is 0 Å². The molecule has 2 aliphatic rings. The lowest BCUT2D eigenvalue weighted by molar-refractivity contribution is -0.304. The molecular weight excluding hydrogens is 560 g/mol. The van der Waals surface area contributed by atoms with E-state index in [-0.39, 0.29) is 30.9 Å². The maximum Gasteiger partial charge on any atom is 0.326 e. The second-order valence-electron chi connectivity index (χ2n) is 13.3. The number of urea groups is 1. The van der Waals surface area contributed by atoms with E-state index in [1.807, 2.05) is 32.0 Å². The molecule has 2 N–H and O–H groups in total. The molecule has 1 aromatic carbocycles. The Hall–Kier alpha value is -2.69. The number of carbonyl (C=O) groups is 3. The van der Waals surface area contributed by atoms with Crippen molar-refractivity contribution in [2.45, 2.75) is 117 Å². The molecule has 10 heteroatoms. The van der Waals surface area contributed by atoms with E-state index in [2.05, 4.69) is 29.7 Å². The van der Waals surface area contributed by atoms with Gasteiger partial charge in [0.2, 0.25) is 5.91 Å². The highest BCUT2D eigenvalue weighted by molar-refractivity contribution is 5.82. The van der Waals surface area contributed by atoms with Crippen LogP contribution in [0.2, 0.25) is 0 Å². The molecule has 0 bridgehead atoms. The van der Waals surface area contributed by atoms with Crippen LogP contribution in [-0.4, -0.2) is 85.1 Å². The third-order valence-electron chi connectivity index (χ3n) is 8.34. The molecule has 0 aromatic heterocycles. The molecule has 0 saturated carbocycles. The lowest BCUT2D eigenvalue weighted by atomic mass is 9.85. The summed E-state index contributed by atoms with van der Waals surface area (Å²) in [6.45, 7) is 12.0. The van der Waals surface area contributed by atoms with Crippen LogP contribution in [0.4, 0.5) is 4.79 Å². The Bertz CT molecular complexity index is 1030. The molecule has 10 nitrogen and oxygen atoms in total. The molecule has 2 saturated heterocycles. The monoisotopic (exact) mass is 616 g/mol. The van der Waals surface area contributed by atoms with Crippen LogP contribution in [-0.2, 0) is 30.3 Å². The van der Waals surface area contributed by atoms with Gasteiger partial charge in [-0.05, 0) is 32.3 Å². The molecule has 2 unspecified atom stereocenters. The zero-order valence-corrected chi connectivity index (χ0v) is 27.7. The molecule has 2 aliphatic heterocycles. The van der Waals surface area contributed by atoms with Crippen molar-refractivity contribution in [3.8, 4) is 0 Å². The molecule has 0 radical (unpaired) electrons. The van der Waals surface area contributed by atoms with Gasteiger partial charge in [-0.2, -0.15) is 0 Å². The van der Waals surface area contributed by atoms with Crippen molar-refractivity contribution in [1.82, 2.24) is 20.6 Å². The molecule has 3 amide bonds. The van der Waals surface area contributed by atoms with E-state index in [4.69, 9.17) is 14.3 Å². The van der Waals surface area contributed by atoms with Crippen LogP contribution in [0, 0.1) is 5.41 Å². The molecule has 2 atom stereocenters. The number of ether oxygens (including phenoxy) is 2. The van der Waals surface area contributed by atoms with E-state index in [0.29, 0.717) is 32.8 Å². The fraction of sp³-hybridized carbons (Fsp3) is 0.735. The van der Waals surface area contributed by atoms with Crippen LogP contribution in [0.15, 0.2) is 30.3 Å². The predicted molar refractivity (Wildman–Crippen MR) is 171 cm³/mol. The van der Waals surface area contributed by atoms with Crippen LogP contribution in [0.5, 0.6) is 0 Å². The number of unbranched alkanes of at least 4 members (excludes halogenated alkanes) is 6. The van der Waals surface area contributed by atoms with E-state index >= 15 is 0 Å². The predicted octanol–water partition coefficient (Wildman–Crippen LogP) is 5.21. The second-order valence-corrected chi connectivity index (χ2v) is 13.3. The summed E-state index contributed by atoms with van der Waals surface area (Å²) in [7, 11) is 0. The summed E-state index contributed by atoms with van der Waals surface area (Å²) in [5.74, 6) is -1.53. The number of nitrogens with one attached hydrogen (secondary N) is 2. The maximum absolute atomic E-state index is 13.2. The number of amides is 3. The van der Waals surface area contributed by atoms with Gasteiger partial charge in [-0.15, -0.1) is 5.06 Å². The molecule has 44 heavy (non-hydrogen) atoms. The van der Waals surface area contributed by atoms with Gasteiger partial charge in [-0.1, -0.05) is 96.0 Å². The highest BCUT2D eigenvalue weighted by Crippen LogP contribution is 2.34. The quantitative estimate of drug-likeness (QED) is 0.246. The van der Waals surface area contributed by atoms with Crippen molar-refractivity contribution in [2.75, 3.05) is 39.3 Å². The standard InChI is InChI=1S/C34H56N4O6/c1-6-7-8-9-10-11-15-18-28(25-27-16-13-12-14-17-27)36-32(41)37-21-23-38(24-22-37)44-29(39)19-20-35-31(40)30-33(2,3)26-42-34(4,5)43-30/h12-14,16-17,28,30H,6-11,15,18-26H2,1-5H3,(H,35,40)(H,36,41). The third kappa shape index (κ3) is 12.4. The lowest BCUT2D eigenvalue weighted by Gasteiger charge is -2.44. The van der Waals surface area contributed by atoms with E-state index in [1.165, 1.54) is 44.1 Å². The Kier molecular flexibility index (Phi) is 14.4. The largest absolute Gasteiger partial charge is 0.368 e. The highest BCUT2D eigenvalue weighted by atomic mass is 16.7. The zero-order valence-electron chi connectivity index (χ0n) is 27.7. The van der Waals surface area contributed by atoms with Crippen molar-refractivity contribution in [3.63, 3.8) is 0 Å². The molecule has 2 heterocycles. The van der Waals surface area contributed by atoms with Gasteiger partial charge < -0.3 is 29.8 Å². The van der Waals surface area contributed by atoms with Gasteiger partial charge in [0.15, 0.2) is 5.79 Å². The number of benzene rings is 1. The number of hydroxylamine groups is 2. The van der Waals surface area contributed by atoms with E-state index in [0.717, 1.165) is 19.3 Å². The molecular formula is C34H56N4O6. The highest BCUT2D eigenvalue weighted by Gasteiger charge is 2.45. The first kappa shape index (κ1) is 35.8. The minimum absolute atomic E-state index is 0.0409. The van der Waals surface area contributed by atoms with E-state index < -0.39 is 23.3 Å². The maximum atomic E-state index is 13.2. The Balaban J connectivity index is 1.37. The Morgan fingerprint density at radius 2 is 1.61 bits per heavy atom. The zero-order chi connectivity index (χ0) is 32.0. The van der Waals surface area contributed by atoms with Crippen molar-refractivity contribution in [2.24, 2.45) is 5.41 Å². The van der Waals surface area contributed by atoms with Crippen LogP contribution in [0.1, 0.15) is 98.0 Å². The van der Waals surface area contributed by atoms with Crippen molar-refractivity contribution >= 4 is 17.9 Å². The molecule has 248 valence electrons. The smallest absolute Gasteiger partial charge is 0.326 e. The van der Waals surface area contributed by atoms with Crippen LogP contribution in [0.25, 0.3) is 0 Å². The molecule has 3 rings (SSSR count). The average molecular weight is 617 g/mol. The van der Waals surface area contributed by atoms with Gasteiger partial charge in [0.05, 0.1) is 26.1 Å². The number of hydrogen-bond acceptors (Lipinski definition) is 7. The average Bonchev–Trinajstić information content (AvgIpc) is 2.98. The van der Waals surface area contributed by atoms with Gasteiger partial charge in [-0.3, -0.25) is 9.59 Å². The molecule has 1 aromatic rings. The molecule has 0 aliphatic carbocycles. The second kappa shape index (κ2) is 17.7. The fourth-order valence-corrected chi connectivity index (χ4v) is 5.61. The Morgan fingerprint density at radius 3 is 2.30 bits per heavy atom. The minimum atomic E-state index is -0.841. The van der Waals surface area contributed by atoms with Crippen LogP contribution in [0.3, 0.4) is 0 Å². The number of rotatable bonds is 16.